The van der Waals surface area contributed by atoms with Crippen molar-refractivity contribution in [1.82, 2.24) is 34.2 Å². The molecule has 1 atom stereocenters. The standard InChI is InChI=1S/C28H28F2N8O2/c1-5-40-25-12-23(33-14-20(25)13-31)16(2)37-8-6-21-22(28(37)39)10-19(15-36-9-7-32-18(36)4)11-24(21)38-27(26(29)30)34-17(3)35-38/h7,9-12,14,16,26H,5-6,8,15H2,1-4H3/t16-/m0/s1. The second kappa shape index (κ2) is 10.8. The van der Waals surface area contributed by atoms with Crippen molar-refractivity contribution in [2.75, 3.05) is 13.2 Å². The molecule has 0 spiro atoms. The van der Waals surface area contributed by atoms with Crippen LogP contribution in [0.5, 0.6) is 5.75 Å². The molecule has 1 aliphatic rings. The summed E-state index contributed by atoms with van der Waals surface area (Å²) in [6, 6.07) is 6.93. The van der Waals surface area contributed by atoms with Crippen molar-refractivity contribution in [2.45, 2.75) is 53.1 Å². The van der Waals surface area contributed by atoms with Crippen LogP contribution in [-0.4, -0.2) is 53.3 Å². The van der Waals surface area contributed by atoms with Gasteiger partial charge in [0, 0.05) is 43.3 Å². The number of carbonyl (C=O) groups is 1. The second-order valence-corrected chi connectivity index (χ2v) is 9.55. The first-order valence-electron chi connectivity index (χ1n) is 12.9. The van der Waals surface area contributed by atoms with E-state index in [0.717, 1.165) is 16.1 Å². The second-order valence-electron chi connectivity index (χ2n) is 9.55. The summed E-state index contributed by atoms with van der Waals surface area (Å²) < 4.78 is 36.6. The Kier molecular flexibility index (Phi) is 7.30. The van der Waals surface area contributed by atoms with Crippen LogP contribution in [0.1, 0.15) is 76.5 Å². The first-order chi connectivity index (χ1) is 19.2. The minimum absolute atomic E-state index is 0.217. The number of nitriles is 1. The summed E-state index contributed by atoms with van der Waals surface area (Å²) in [6.45, 7) is 8.22. The number of ether oxygens (including phenoxy) is 1. The number of halogens is 2. The smallest absolute Gasteiger partial charge is 0.297 e. The van der Waals surface area contributed by atoms with Gasteiger partial charge in [0.15, 0.2) is 5.82 Å². The van der Waals surface area contributed by atoms with Gasteiger partial charge in [0.25, 0.3) is 12.3 Å². The molecular weight excluding hydrogens is 518 g/mol. The molecule has 12 heteroatoms. The van der Waals surface area contributed by atoms with Gasteiger partial charge in [-0.05, 0) is 57.4 Å². The molecular formula is C28H28F2N8O2. The Morgan fingerprint density at radius 1 is 1.20 bits per heavy atom. The molecule has 1 aliphatic heterocycles. The number of amides is 1. The normalized spacial score (nSPS) is 13.8. The lowest BCUT2D eigenvalue weighted by Gasteiger charge is -2.34. The van der Waals surface area contributed by atoms with Crippen LogP contribution in [0.25, 0.3) is 5.69 Å². The number of pyridine rings is 1. The molecule has 0 fully saturated rings. The summed E-state index contributed by atoms with van der Waals surface area (Å²) in [7, 11) is 0. The van der Waals surface area contributed by atoms with Crippen LogP contribution in [0.4, 0.5) is 8.78 Å². The van der Waals surface area contributed by atoms with E-state index in [9.17, 15) is 18.8 Å². The monoisotopic (exact) mass is 546 g/mol. The Balaban J connectivity index is 1.59. The van der Waals surface area contributed by atoms with Crippen LogP contribution in [-0.2, 0) is 13.0 Å². The molecule has 0 radical (unpaired) electrons. The van der Waals surface area contributed by atoms with E-state index in [-0.39, 0.29) is 11.7 Å². The summed E-state index contributed by atoms with van der Waals surface area (Å²) in [6.07, 6.45) is 2.53. The Bertz CT molecular complexity index is 1620. The fourth-order valence-corrected chi connectivity index (χ4v) is 5.02. The zero-order valence-corrected chi connectivity index (χ0v) is 22.6. The van der Waals surface area contributed by atoms with Gasteiger partial charge >= 0.3 is 0 Å². The maximum absolute atomic E-state index is 14.0. The van der Waals surface area contributed by atoms with Gasteiger partial charge in [-0.2, -0.15) is 10.4 Å². The van der Waals surface area contributed by atoms with Gasteiger partial charge in [-0.25, -0.2) is 23.4 Å². The molecule has 4 aromatic rings. The van der Waals surface area contributed by atoms with Gasteiger partial charge in [0.2, 0.25) is 0 Å². The van der Waals surface area contributed by atoms with Crippen LogP contribution in [0.3, 0.4) is 0 Å². The highest BCUT2D eigenvalue weighted by Gasteiger charge is 2.33. The lowest BCUT2D eigenvalue weighted by molar-refractivity contribution is 0.0668. The molecule has 3 aromatic heterocycles. The average Bonchev–Trinajstić information content (AvgIpc) is 3.53. The maximum Gasteiger partial charge on any atom is 0.297 e. The van der Waals surface area contributed by atoms with Crippen molar-refractivity contribution >= 4 is 5.91 Å². The van der Waals surface area contributed by atoms with Gasteiger partial charge in [-0.15, -0.1) is 0 Å². The molecule has 40 heavy (non-hydrogen) atoms. The Morgan fingerprint density at radius 3 is 2.67 bits per heavy atom. The van der Waals surface area contributed by atoms with Gasteiger partial charge in [0.05, 0.1) is 24.0 Å². The number of benzene rings is 1. The molecule has 10 nitrogen and oxygen atoms in total. The summed E-state index contributed by atoms with van der Waals surface area (Å²) in [5.41, 5.74) is 3.09. The number of hydrogen-bond donors (Lipinski definition) is 0. The van der Waals surface area contributed by atoms with E-state index in [0.29, 0.717) is 59.9 Å². The number of hydrogen-bond acceptors (Lipinski definition) is 7. The highest BCUT2D eigenvalue weighted by Crippen LogP contribution is 2.34. The maximum atomic E-state index is 14.0. The summed E-state index contributed by atoms with van der Waals surface area (Å²) in [4.78, 5) is 28.3. The predicted octanol–water partition coefficient (Wildman–Crippen LogP) is 4.49. The van der Waals surface area contributed by atoms with Crippen molar-refractivity contribution < 1.29 is 18.3 Å². The van der Waals surface area contributed by atoms with Crippen LogP contribution < -0.4 is 4.74 Å². The molecule has 206 valence electrons. The largest absolute Gasteiger partial charge is 0.492 e. The third kappa shape index (κ3) is 4.90. The highest BCUT2D eigenvalue weighted by atomic mass is 19.3. The Hall–Kier alpha value is -4.66. The molecule has 5 rings (SSSR count). The third-order valence-electron chi connectivity index (χ3n) is 7.02. The zero-order chi connectivity index (χ0) is 28.6. The quantitative estimate of drug-likeness (QED) is 0.320. The van der Waals surface area contributed by atoms with E-state index < -0.39 is 18.3 Å². The Morgan fingerprint density at radius 2 is 2.00 bits per heavy atom. The van der Waals surface area contributed by atoms with Crippen molar-refractivity contribution in [3.8, 4) is 17.5 Å². The molecule has 0 aliphatic carbocycles. The topological polar surface area (TPSA) is 115 Å². The van der Waals surface area contributed by atoms with E-state index in [1.807, 2.05) is 37.6 Å². The summed E-state index contributed by atoms with van der Waals surface area (Å²) in [5, 5.41) is 13.7. The number of rotatable bonds is 8. The van der Waals surface area contributed by atoms with E-state index in [1.54, 1.807) is 30.2 Å². The van der Waals surface area contributed by atoms with Crippen LogP contribution >= 0.6 is 0 Å². The first-order valence-corrected chi connectivity index (χ1v) is 12.9. The lowest BCUT2D eigenvalue weighted by atomic mass is 9.93. The minimum atomic E-state index is -2.84. The third-order valence-corrected chi connectivity index (χ3v) is 7.02. The van der Waals surface area contributed by atoms with E-state index in [1.165, 1.54) is 6.20 Å². The minimum Gasteiger partial charge on any atom is -0.492 e. The number of fused-ring (bicyclic) bond motifs is 1. The van der Waals surface area contributed by atoms with Gasteiger partial charge in [-0.3, -0.25) is 9.78 Å². The number of aromatic nitrogens is 6. The summed E-state index contributed by atoms with van der Waals surface area (Å²) in [5.74, 6) is 0.688. The van der Waals surface area contributed by atoms with E-state index in [4.69, 9.17) is 4.74 Å². The molecule has 0 bridgehead atoms. The van der Waals surface area contributed by atoms with Crippen molar-refractivity contribution in [3.63, 3.8) is 0 Å². The van der Waals surface area contributed by atoms with Gasteiger partial charge in [-0.1, -0.05) is 0 Å². The number of aryl methyl sites for hydroxylation is 2. The van der Waals surface area contributed by atoms with Crippen LogP contribution in [0.15, 0.2) is 36.8 Å². The fourth-order valence-electron chi connectivity index (χ4n) is 5.02. The lowest BCUT2D eigenvalue weighted by Crippen LogP contribution is -2.40. The van der Waals surface area contributed by atoms with Crippen LogP contribution in [0, 0.1) is 25.2 Å². The SMILES string of the molecule is CCOc1cc([C@H](C)N2CCc3c(cc(Cn4ccnc4C)cc3-n3nc(C)nc3C(F)F)C2=O)ncc1C#N. The first kappa shape index (κ1) is 26.9. The fraction of sp³-hybridized carbons (Fsp3) is 0.357. The molecule has 0 unspecified atom stereocenters. The van der Waals surface area contributed by atoms with Crippen molar-refractivity contribution in [2.24, 2.45) is 0 Å². The summed E-state index contributed by atoms with van der Waals surface area (Å²) >= 11 is 0. The molecule has 0 saturated carbocycles. The number of alkyl halides is 2. The molecule has 1 amide bonds. The van der Waals surface area contributed by atoms with Crippen molar-refractivity contribution in [3.05, 3.63) is 82.2 Å². The van der Waals surface area contributed by atoms with E-state index in [2.05, 4.69) is 26.1 Å². The van der Waals surface area contributed by atoms with Crippen molar-refractivity contribution in [1.29, 1.82) is 5.26 Å². The molecule has 0 saturated heterocycles. The predicted molar refractivity (Wildman–Crippen MR) is 140 cm³/mol. The van der Waals surface area contributed by atoms with Gasteiger partial charge in [0.1, 0.15) is 29.0 Å². The Labute approximate surface area is 229 Å². The highest BCUT2D eigenvalue weighted by molar-refractivity contribution is 5.98. The molecule has 1 aromatic carbocycles. The zero-order valence-electron chi connectivity index (χ0n) is 22.6. The van der Waals surface area contributed by atoms with Gasteiger partial charge < -0.3 is 14.2 Å². The number of nitrogens with zero attached hydrogens (tertiary/aromatic N) is 8. The molecule has 4 heterocycles. The van der Waals surface area contributed by atoms with E-state index >= 15 is 0 Å². The molecule has 0 N–H and O–H groups in total. The average molecular weight is 547 g/mol. The number of carbonyl (C=O) groups excluding carboxylic acids is 1. The van der Waals surface area contributed by atoms with Crippen LogP contribution in [0.2, 0.25) is 0 Å². The number of imidazole rings is 1.